The number of hydrogen-bond donors (Lipinski definition) is 2. The minimum Gasteiger partial charge on any atom is -0.391 e. The molecule has 1 saturated heterocycles. The summed E-state index contributed by atoms with van der Waals surface area (Å²) in [7, 11) is 0. The molecular formula is C8H15NO. The molecule has 2 nitrogen and oxygen atoms in total. The van der Waals surface area contributed by atoms with Gasteiger partial charge < -0.3 is 10.4 Å². The minimum absolute atomic E-state index is 0.0972. The van der Waals surface area contributed by atoms with Gasteiger partial charge in [0.25, 0.3) is 0 Å². The van der Waals surface area contributed by atoms with E-state index in [0.717, 1.165) is 12.1 Å². The highest BCUT2D eigenvalue weighted by Crippen LogP contribution is 2.31. The Labute approximate surface area is 61.9 Å². The molecule has 2 N–H and O–H groups in total. The highest BCUT2D eigenvalue weighted by Gasteiger charge is 2.37. The third-order valence-electron chi connectivity index (χ3n) is 2.54. The lowest BCUT2D eigenvalue weighted by Crippen LogP contribution is -2.31. The van der Waals surface area contributed by atoms with Crippen LogP contribution in [-0.4, -0.2) is 24.3 Å². The smallest absolute Gasteiger partial charge is 0.0767 e. The predicted molar refractivity (Wildman–Crippen MR) is 41.8 cm³/mol. The molecule has 0 aromatic rings. The summed E-state index contributed by atoms with van der Waals surface area (Å²) >= 11 is 0. The maximum Gasteiger partial charge on any atom is 0.0767 e. The molecule has 10 heavy (non-hydrogen) atoms. The Morgan fingerprint density at radius 1 is 1.80 bits per heavy atom. The van der Waals surface area contributed by atoms with Crippen LogP contribution in [0.5, 0.6) is 0 Å². The minimum atomic E-state index is -0.259. The molecule has 0 saturated carbocycles. The Bertz CT molecular complexity index is 155. The molecule has 1 fully saturated rings. The third kappa shape index (κ3) is 0.976. The fourth-order valence-electron chi connectivity index (χ4n) is 1.25. The maximum absolute atomic E-state index is 9.50. The van der Waals surface area contributed by atoms with Crippen LogP contribution in [0.3, 0.4) is 0 Å². The number of aliphatic hydroxyl groups excluding tert-OH is 1. The summed E-state index contributed by atoms with van der Waals surface area (Å²) < 4.78 is 0. The zero-order valence-electron chi connectivity index (χ0n) is 6.65. The predicted octanol–water partition coefficient (Wildman–Crippen LogP) is 0.533. The number of hydrogen-bond acceptors (Lipinski definition) is 2. The maximum atomic E-state index is 9.50. The first kappa shape index (κ1) is 7.76. The first-order chi connectivity index (χ1) is 4.57. The summed E-state index contributed by atoms with van der Waals surface area (Å²) in [4.78, 5) is 0. The Morgan fingerprint density at radius 3 is 2.60 bits per heavy atom. The second-order valence-corrected chi connectivity index (χ2v) is 3.34. The third-order valence-corrected chi connectivity index (χ3v) is 2.54. The Hall–Kier alpha value is -0.340. The van der Waals surface area contributed by atoms with Crippen LogP contribution < -0.4 is 5.32 Å². The van der Waals surface area contributed by atoms with Crippen LogP contribution in [0.25, 0.3) is 0 Å². The van der Waals surface area contributed by atoms with E-state index >= 15 is 0 Å². The van der Waals surface area contributed by atoms with E-state index in [-0.39, 0.29) is 11.5 Å². The van der Waals surface area contributed by atoms with Crippen LogP contribution in [0.1, 0.15) is 13.8 Å². The van der Waals surface area contributed by atoms with Gasteiger partial charge in [0.2, 0.25) is 0 Å². The van der Waals surface area contributed by atoms with E-state index < -0.39 is 0 Å². The fraction of sp³-hybridized carbons (Fsp3) is 0.750. The van der Waals surface area contributed by atoms with E-state index in [0.29, 0.717) is 6.54 Å². The summed E-state index contributed by atoms with van der Waals surface area (Å²) in [6.07, 6.45) is -0.259. The Kier molecular flexibility index (Phi) is 1.84. The van der Waals surface area contributed by atoms with Crippen molar-refractivity contribution in [1.82, 2.24) is 5.32 Å². The van der Waals surface area contributed by atoms with Gasteiger partial charge in [-0.2, -0.15) is 0 Å². The van der Waals surface area contributed by atoms with Crippen molar-refractivity contribution in [2.45, 2.75) is 20.0 Å². The van der Waals surface area contributed by atoms with Gasteiger partial charge in [-0.1, -0.05) is 19.1 Å². The summed E-state index contributed by atoms with van der Waals surface area (Å²) in [5.41, 5.74) is 0.963. The van der Waals surface area contributed by atoms with Gasteiger partial charge in [0.05, 0.1) is 6.10 Å². The van der Waals surface area contributed by atoms with Gasteiger partial charge in [0.1, 0.15) is 0 Å². The summed E-state index contributed by atoms with van der Waals surface area (Å²) in [6.45, 7) is 9.42. The molecule has 0 bridgehead atoms. The van der Waals surface area contributed by atoms with Crippen molar-refractivity contribution >= 4 is 0 Å². The zero-order chi connectivity index (χ0) is 7.78. The van der Waals surface area contributed by atoms with Gasteiger partial charge in [-0.3, -0.25) is 0 Å². The summed E-state index contributed by atoms with van der Waals surface area (Å²) in [5, 5.41) is 12.6. The first-order valence-electron chi connectivity index (χ1n) is 3.62. The molecule has 58 valence electrons. The van der Waals surface area contributed by atoms with Gasteiger partial charge in [-0.15, -0.1) is 0 Å². The number of aliphatic hydroxyl groups is 1. The van der Waals surface area contributed by atoms with Gasteiger partial charge in [0.15, 0.2) is 0 Å². The number of rotatable bonds is 1. The molecule has 1 aliphatic rings. The second kappa shape index (κ2) is 2.36. The standard InChI is InChI=1S/C8H15NO/c1-6(2)8(3)5-9-4-7(8)10/h7,9-10H,1,4-5H2,2-3H3/t7-,8?/m1/s1. The molecule has 0 aromatic carbocycles. The lowest BCUT2D eigenvalue weighted by atomic mass is 9.81. The molecule has 1 rings (SSSR count). The van der Waals surface area contributed by atoms with Crippen LogP contribution in [0.2, 0.25) is 0 Å². The second-order valence-electron chi connectivity index (χ2n) is 3.34. The quantitative estimate of drug-likeness (QED) is 0.522. The number of nitrogens with one attached hydrogen (secondary N) is 1. The molecule has 2 heteroatoms. The molecule has 1 aliphatic heterocycles. The lowest BCUT2D eigenvalue weighted by Gasteiger charge is -2.27. The summed E-state index contributed by atoms with van der Waals surface area (Å²) in [6, 6.07) is 0. The highest BCUT2D eigenvalue weighted by molar-refractivity contribution is 5.13. The molecule has 0 aliphatic carbocycles. The molecule has 0 aromatic heterocycles. The summed E-state index contributed by atoms with van der Waals surface area (Å²) in [5.74, 6) is 0. The molecule has 0 amide bonds. The SMILES string of the molecule is C=C(C)C1(C)CNC[C@H]1O. The number of β-amino-alcohol motifs (C(OH)–C–C–N with tert-alkyl or cyclic N) is 1. The van der Waals surface area contributed by atoms with Gasteiger partial charge in [0, 0.05) is 18.5 Å². The Balaban J connectivity index is 2.75. The van der Waals surface area contributed by atoms with Crippen molar-refractivity contribution in [2.24, 2.45) is 5.41 Å². The molecule has 0 radical (unpaired) electrons. The average Bonchev–Trinajstić information content (AvgIpc) is 2.15. The Morgan fingerprint density at radius 2 is 2.40 bits per heavy atom. The van der Waals surface area contributed by atoms with Crippen LogP contribution in [0, 0.1) is 5.41 Å². The van der Waals surface area contributed by atoms with Crippen molar-refractivity contribution in [2.75, 3.05) is 13.1 Å². The van der Waals surface area contributed by atoms with E-state index in [1.807, 2.05) is 13.8 Å². The van der Waals surface area contributed by atoms with Crippen molar-refractivity contribution in [3.05, 3.63) is 12.2 Å². The first-order valence-corrected chi connectivity index (χ1v) is 3.62. The lowest BCUT2D eigenvalue weighted by molar-refractivity contribution is 0.108. The van der Waals surface area contributed by atoms with Crippen molar-refractivity contribution in [3.8, 4) is 0 Å². The van der Waals surface area contributed by atoms with Crippen molar-refractivity contribution < 1.29 is 5.11 Å². The van der Waals surface area contributed by atoms with Crippen LogP contribution in [0.4, 0.5) is 0 Å². The fourth-order valence-corrected chi connectivity index (χ4v) is 1.25. The van der Waals surface area contributed by atoms with Crippen molar-refractivity contribution in [3.63, 3.8) is 0 Å². The van der Waals surface area contributed by atoms with Crippen molar-refractivity contribution in [1.29, 1.82) is 0 Å². The van der Waals surface area contributed by atoms with Crippen LogP contribution >= 0.6 is 0 Å². The topological polar surface area (TPSA) is 32.3 Å². The van der Waals surface area contributed by atoms with E-state index in [9.17, 15) is 5.11 Å². The van der Waals surface area contributed by atoms with Gasteiger partial charge in [-0.05, 0) is 6.92 Å². The van der Waals surface area contributed by atoms with Crippen LogP contribution in [0.15, 0.2) is 12.2 Å². The molecule has 1 unspecified atom stereocenters. The monoisotopic (exact) mass is 141 g/mol. The largest absolute Gasteiger partial charge is 0.391 e. The van der Waals surface area contributed by atoms with E-state index in [2.05, 4.69) is 11.9 Å². The van der Waals surface area contributed by atoms with Gasteiger partial charge >= 0.3 is 0 Å². The average molecular weight is 141 g/mol. The van der Waals surface area contributed by atoms with E-state index in [1.165, 1.54) is 0 Å². The zero-order valence-corrected chi connectivity index (χ0v) is 6.65. The normalized spacial score (nSPS) is 40.1. The molecule has 1 heterocycles. The molecule has 2 atom stereocenters. The van der Waals surface area contributed by atoms with E-state index in [4.69, 9.17) is 0 Å². The van der Waals surface area contributed by atoms with Gasteiger partial charge in [-0.25, -0.2) is 0 Å². The van der Waals surface area contributed by atoms with E-state index in [1.54, 1.807) is 0 Å². The highest BCUT2D eigenvalue weighted by atomic mass is 16.3. The molecule has 0 spiro atoms. The molecular weight excluding hydrogens is 126 g/mol. The van der Waals surface area contributed by atoms with Crippen LogP contribution in [-0.2, 0) is 0 Å².